The molecule has 74 valence electrons. The number of halogens is 1. The predicted molar refractivity (Wildman–Crippen MR) is 50.9 cm³/mol. The molecule has 1 N–H and O–H groups in total. The molecular weight excluding hydrogens is 206 g/mol. The normalized spacial score (nSPS) is 15.5. The van der Waals surface area contributed by atoms with Crippen LogP contribution in [0.25, 0.3) is 0 Å². The van der Waals surface area contributed by atoms with Crippen molar-refractivity contribution in [3.8, 4) is 0 Å². The van der Waals surface area contributed by atoms with Crippen LogP contribution < -0.4 is 5.56 Å². The van der Waals surface area contributed by atoms with Gasteiger partial charge in [0, 0.05) is 12.2 Å². The van der Waals surface area contributed by atoms with Gasteiger partial charge in [-0.25, -0.2) is 4.79 Å². The maximum absolute atomic E-state index is 11.6. The minimum Gasteiger partial charge on any atom is -0.477 e. The Morgan fingerprint density at radius 2 is 2.21 bits per heavy atom. The van der Waals surface area contributed by atoms with E-state index in [1.165, 1.54) is 10.6 Å². The van der Waals surface area contributed by atoms with Gasteiger partial charge in [0.2, 0.25) is 0 Å². The maximum atomic E-state index is 11.6. The number of hydrogen-bond acceptors (Lipinski definition) is 2. The number of carbonyl (C=O) groups is 1. The first-order valence-corrected chi connectivity index (χ1v) is 4.63. The monoisotopic (exact) mass is 213 g/mol. The Labute approximate surface area is 84.7 Å². The van der Waals surface area contributed by atoms with Gasteiger partial charge in [-0.2, -0.15) is 0 Å². The van der Waals surface area contributed by atoms with Crippen LogP contribution in [0.2, 0.25) is 5.02 Å². The third kappa shape index (κ3) is 1.42. The van der Waals surface area contributed by atoms with Crippen LogP contribution >= 0.6 is 11.6 Å². The van der Waals surface area contributed by atoms with E-state index < -0.39 is 11.5 Å². The van der Waals surface area contributed by atoms with E-state index in [2.05, 4.69) is 0 Å². The van der Waals surface area contributed by atoms with Crippen molar-refractivity contribution in [1.29, 1.82) is 0 Å². The molecule has 1 heterocycles. The fourth-order valence-corrected chi connectivity index (χ4v) is 1.58. The van der Waals surface area contributed by atoms with Crippen LogP contribution in [0.1, 0.15) is 29.2 Å². The van der Waals surface area contributed by atoms with Gasteiger partial charge in [0.25, 0.3) is 5.56 Å². The summed E-state index contributed by atoms with van der Waals surface area (Å²) in [6, 6.07) is 1.61. The fraction of sp³-hybridized carbons (Fsp3) is 0.333. The molecule has 5 heteroatoms. The Hall–Kier alpha value is -1.29. The molecule has 0 amide bonds. The molecule has 1 saturated carbocycles. The zero-order chi connectivity index (χ0) is 10.3. The molecule has 1 aromatic rings. The van der Waals surface area contributed by atoms with Gasteiger partial charge in [0.15, 0.2) is 0 Å². The summed E-state index contributed by atoms with van der Waals surface area (Å²) in [5.41, 5.74) is -0.839. The van der Waals surface area contributed by atoms with Gasteiger partial charge in [-0.15, -0.1) is 0 Å². The highest BCUT2D eigenvalue weighted by molar-refractivity contribution is 6.33. The first kappa shape index (κ1) is 9.27. The summed E-state index contributed by atoms with van der Waals surface area (Å²) in [4.78, 5) is 22.4. The fourth-order valence-electron chi connectivity index (χ4n) is 1.36. The minimum atomic E-state index is -1.27. The van der Waals surface area contributed by atoms with Gasteiger partial charge >= 0.3 is 5.97 Å². The van der Waals surface area contributed by atoms with E-state index in [-0.39, 0.29) is 16.6 Å². The number of rotatable bonds is 2. The minimum absolute atomic E-state index is 0.000556. The topological polar surface area (TPSA) is 59.3 Å². The second-order valence-corrected chi connectivity index (χ2v) is 3.69. The van der Waals surface area contributed by atoms with Crippen LogP contribution in [0.5, 0.6) is 0 Å². The first-order valence-electron chi connectivity index (χ1n) is 4.25. The molecule has 0 spiro atoms. The van der Waals surface area contributed by atoms with Gasteiger partial charge in [-0.3, -0.25) is 4.79 Å². The lowest BCUT2D eigenvalue weighted by molar-refractivity contribution is 0.0694. The molecule has 0 saturated heterocycles. The summed E-state index contributed by atoms with van der Waals surface area (Å²) < 4.78 is 1.44. The van der Waals surface area contributed by atoms with Crippen molar-refractivity contribution in [2.75, 3.05) is 0 Å². The maximum Gasteiger partial charge on any atom is 0.342 e. The molecule has 1 fully saturated rings. The molecule has 1 aromatic heterocycles. The molecule has 4 nitrogen and oxygen atoms in total. The van der Waals surface area contributed by atoms with Crippen LogP contribution in [0.4, 0.5) is 0 Å². The van der Waals surface area contributed by atoms with Crippen LogP contribution in [0.3, 0.4) is 0 Å². The van der Waals surface area contributed by atoms with Crippen LogP contribution in [-0.2, 0) is 0 Å². The van der Waals surface area contributed by atoms with Gasteiger partial charge in [-0.1, -0.05) is 11.6 Å². The van der Waals surface area contributed by atoms with Crippen molar-refractivity contribution in [2.45, 2.75) is 18.9 Å². The van der Waals surface area contributed by atoms with E-state index in [0.717, 1.165) is 12.8 Å². The Kier molecular flexibility index (Phi) is 2.07. The van der Waals surface area contributed by atoms with Crippen LogP contribution in [0.15, 0.2) is 17.1 Å². The molecular formula is C9H8ClNO3. The van der Waals surface area contributed by atoms with Crippen molar-refractivity contribution in [1.82, 2.24) is 4.57 Å². The van der Waals surface area contributed by atoms with Gasteiger partial charge in [-0.05, 0) is 18.9 Å². The lowest BCUT2D eigenvalue weighted by atomic mass is 10.3. The molecule has 0 aromatic carbocycles. The smallest absolute Gasteiger partial charge is 0.342 e. The summed E-state index contributed by atoms with van der Waals surface area (Å²) in [7, 11) is 0. The number of pyridine rings is 1. The standard InChI is InChI=1S/C9H8ClNO3/c10-6-3-4-11(5-1-2-5)8(12)7(6)9(13)14/h3-5H,1-2H2,(H,13,14). The van der Waals surface area contributed by atoms with E-state index in [1.54, 1.807) is 6.20 Å². The molecule has 2 rings (SSSR count). The number of carboxylic acid groups (broad SMARTS) is 1. The van der Waals surface area contributed by atoms with Gasteiger partial charge in [0.05, 0.1) is 5.02 Å². The molecule has 0 unspecified atom stereocenters. The van der Waals surface area contributed by atoms with E-state index in [1.807, 2.05) is 0 Å². The lowest BCUT2D eigenvalue weighted by Crippen LogP contribution is -2.25. The van der Waals surface area contributed by atoms with Gasteiger partial charge < -0.3 is 9.67 Å². The molecule has 0 atom stereocenters. The molecule has 0 aliphatic heterocycles. The Bertz CT molecular complexity index is 448. The van der Waals surface area contributed by atoms with Crippen molar-refractivity contribution < 1.29 is 9.90 Å². The number of aromatic carboxylic acids is 1. The summed E-state index contributed by atoms with van der Waals surface area (Å²) in [5.74, 6) is -1.27. The molecule has 0 bridgehead atoms. The molecule has 0 radical (unpaired) electrons. The Morgan fingerprint density at radius 1 is 1.57 bits per heavy atom. The zero-order valence-electron chi connectivity index (χ0n) is 7.24. The predicted octanol–water partition coefficient (Wildman–Crippen LogP) is 1.53. The van der Waals surface area contributed by atoms with Crippen molar-refractivity contribution in [2.24, 2.45) is 0 Å². The third-order valence-corrected chi connectivity index (χ3v) is 2.54. The number of hydrogen-bond donors (Lipinski definition) is 1. The van der Waals surface area contributed by atoms with E-state index in [4.69, 9.17) is 16.7 Å². The lowest BCUT2D eigenvalue weighted by Gasteiger charge is -2.05. The number of carboxylic acids is 1. The highest BCUT2D eigenvalue weighted by Gasteiger charge is 2.27. The highest BCUT2D eigenvalue weighted by atomic mass is 35.5. The average Bonchev–Trinajstić information content (AvgIpc) is 2.86. The van der Waals surface area contributed by atoms with Crippen molar-refractivity contribution in [3.05, 3.63) is 33.2 Å². The Morgan fingerprint density at radius 3 is 2.71 bits per heavy atom. The third-order valence-electron chi connectivity index (χ3n) is 2.22. The zero-order valence-corrected chi connectivity index (χ0v) is 7.99. The molecule has 1 aliphatic carbocycles. The quantitative estimate of drug-likeness (QED) is 0.811. The first-order chi connectivity index (χ1) is 6.61. The summed E-state index contributed by atoms with van der Waals surface area (Å²) in [6.07, 6.45) is 3.41. The number of aromatic nitrogens is 1. The van der Waals surface area contributed by atoms with Crippen molar-refractivity contribution in [3.63, 3.8) is 0 Å². The molecule has 14 heavy (non-hydrogen) atoms. The van der Waals surface area contributed by atoms with Crippen LogP contribution in [-0.4, -0.2) is 15.6 Å². The summed E-state index contributed by atoms with van der Waals surface area (Å²) in [5, 5.41) is 8.77. The van der Waals surface area contributed by atoms with Gasteiger partial charge in [0.1, 0.15) is 5.56 Å². The van der Waals surface area contributed by atoms with E-state index >= 15 is 0 Å². The van der Waals surface area contributed by atoms with E-state index in [0.29, 0.717) is 0 Å². The summed E-state index contributed by atoms with van der Waals surface area (Å²) in [6.45, 7) is 0. The average molecular weight is 214 g/mol. The van der Waals surface area contributed by atoms with Crippen molar-refractivity contribution >= 4 is 17.6 Å². The second kappa shape index (κ2) is 3.13. The highest BCUT2D eigenvalue weighted by Crippen LogP contribution is 2.33. The SMILES string of the molecule is O=C(O)c1c(Cl)ccn(C2CC2)c1=O. The molecule has 1 aliphatic rings. The summed E-state index contributed by atoms with van der Waals surface area (Å²) >= 11 is 5.63. The second-order valence-electron chi connectivity index (χ2n) is 3.29. The Balaban J connectivity index is 2.62. The largest absolute Gasteiger partial charge is 0.477 e. The van der Waals surface area contributed by atoms with Crippen LogP contribution in [0, 0.1) is 0 Å². The van der Waals surface area contributed by atoms with E-state index in [9.17, 15) is 9.59 Å². The number of nitrogens with zero attached hydrogens (tertiary/aromatic N) is 1.